The van der Waals surface area contributed by atoms with Gasteiger partial charge in [-0.1, -0.05) is 13.8 Å². The van der Waals surface area contributed by atoms with E-state index in [0.29, 0.717) is 18.4 Å². The highest BCUT2D eigenvalue weighted by atomic mass is 16.5. The van der Waals surface area contributed by atoms with Crippen LogP contribution in [0, 0.1) is 12.8 Å². The third-order valence-electron chi connectivity index (χ3n) is 3.14. The Morgan fingerprint density at radius 1 is 1.37 bits per heavy atom. The quantitative estimate of drug-likeness (QED) is 0.817. The second-order valence-electron chi connectivity index (χ2n) is 5.16. The zero-order valence-corrected chi connectivity index (χ0v) is 12.7. The van der Waals surface area contributed by atoms with Crippen molar-refractivity contribution in [3.8, 4) is 5.88 Å². The summed E-state index contributed by atoms with van der Waals surface area (Å²) in [6.45, 7) is 9.60. The Balaban J connectivity index is 2.68. The van der Waals surface area contributed by atoms with Crippen LogP contribution in [0.25, 0.3) is 0 Å². The highest BCUT2D eigenvalue weighted by molar-refractivity contribution is 5.40. The van der Waals surface area contributed by atoms with E-state index in [4.69, 9.17) is 10.5 Å². The first-order valence-corrected chi connectivity index (χ1v) is 6.89. The molecule has 1 aromatic rings. The van der Waals surface area contributed by atoms with Crippen molar-refractivity contribution in [3.05, 3.63) is 11.9 Å². The Morgan fingerprint density at radius 3 is 2.63 bits per heavy atom. The van der Waals surface area contributed by atoms with Gasteiger partial charge in [-0.05, 0) is 26.2 Å². The second-order valence-corrected chi connectivity index (χ2v) is 5.16. The van der Waals surface area contributed by atoms with Gasteiger partial charge in [0, 0.05) is 25.7 Å². The van der Waals surface area contributed by atoms with Crippen LogP contribution < -0.4 is 15.4 Å². The Kier molecular flexibility index (Phi) is 6.02. The fraction of sp³-hybridized carbons (Fsp3) is 0.714. The van der Waals surface area contributed by atoms with Gasteiger partial charge in [0.2, 0.25) is 5.88 Å². The van der Waals surface area contributed by atoms with Gasteiger partial charge in [0.25, 0.3) is 0 Å². The summed E-state index contributed by atoms with van der Waals surface area (Å²) >= 11 is 0. The highest BCUT2D eigenvalue weighted by Crippen LogP contribution is 2.17. The van der Waals surface area contributed by atoms with Crippen LogP contribution in [0.3, 0.4) is 0 Å². The SMILES string of the molecule is CCOc1cc(N(C)CCC(N)C(C)C)nc(C)n1. The maximum atomic E-state index is 6.07. The maximum absolute atomic E-state index is 6.07. The number of nitrogens with zero attached hydrogens (tertiary/aromatic N) is 3. The van der Waals surface area contributed by atoms with Crippen LogP contribution in [0.5, 0.6) is 5.88 Å². The van der Waals surface area contributed by atoms with Crippen molar-refractivity contribution in [1.29, 1.82) is 0 Å². The van der Waals surface area contributed by atoms with E-state index in [1.165, 1.54) is 0 Å². The molecule has 0 aromatic carbocycles. The van der Waals surface area contributed by atoms with Crippen molar-refractivity contribution in [3.63, 3.8) is 0 Å². The normalized spacial score (nSPS) is 12.6. The molecule has 5 nitrogen and oxygen atoms in total. The monoisotopic (exact) mass is 266 g/mol. The molecule has 1 unspecified atom stereocenters. The average molecular weight is 266 g/mol. The molecule has 0 radical (unpaired) electrons. The molecule has 1 heterocycles. The summed E-state index contributed by atoms with van der Waals surface area (Å²) in [5.74, 6) is 2.73. The summed E-state index contributed by atoms with van der Waals surface area (Å²) in [7, 11) is 2.02. The minimum Gasteiger partial charge on any atom is -0.478 e. The fourth-order valence-corrected chi connectivity index (χ4v) is 1.73. The maximum Gasteiger partial charge on any atom is 0.218 e. The number of anilines is 1. The molecule has 0 spiro atoms. The first kappa shape index (κ1) is 15.7. The van der Waals surface area contributed by atoms with E-state index >= 15 is 0 Å². The summed E-state index contributed by atoms with van der Waals surface area (Å²) in [5.41, 5.74) is 6.07. The summed E-state index contributed by atoms with van der Waals surface area (Å²) < 4.78 is 5.44. The molecule has 19 heavy (non-hydrogen) atoms. The van der Waals surface area contributed by atoms with E-state index in [1.54, 1.807) is 0 Å². The lowest BCUT2D eigenvalue weighted by Gasteiger charge is -2.22. The van der Waals surface area contributed by atoms with Gasteiger partial charge in [-0.25, -0.2) is 4.98 Å². The molecule has 0 fully saturated rings. The first-order chi connectivity index (χ1) is 8.93. The molecule has 0 saturated heterocycles. The lowest BCUT2D eigenvalue weighted by molar-refractivity contribution is 0.325. The molecule has 0 aliphatic heterocycles. The smallest absolute Gasteiger partial charge is 0.218 e. The third-order valence-corrected chi connectivity index (χ3v) is 3.14. The Morgan fingerprint density at radius 2 is 2.05 bits per heavy atom. The van der Waals surface area contributed by atoms with E-state index in [1.807, 2.05) is 27.0 Å². The van der Waals surface area contributed by atoms with Crippen molar-refractivity contribution >= 4 is 5.82 Å². The fourth-order valence-electron chi connectivity index (χ4n) is 1.73. The Labute approximate surface area is 116 Å². The van der Waals surface area contributed by atoms with Gasteiger partial charge in [0.15, 0.2) is 0 Å². The van der Waals surface area contributed by atoms with Crippen molar-refractivity contribution < 1.29 is 4.74 Å². The molecular formula is C14H26N4O. The molecule has 0 bridgehead atoms. The van der Waals surface area contributed by atoms with Gasteiger partial charge in [-0.3, -0.25) is 0 Å². The molecule has 1 atom stereocenters. The Bertz CT molecular complexity index is 395. The number of aromatic nitrogens is 2. The predicted octanol–water partition coefficient (Wildman–Crippen LogP) is 1.99. The molecular weight excluding hydrogens is 240 g/mol. The van der Waals surface area contributed by atoms with Crippen LogP contribution in [0.4, 0.5) is 5.82 Å². The van der Waals surface area contributed by atoms with Crippen LogP contribution in [-0.4, -0.2) is 36.2 Å². The largest absolute Gasteiger partial charge is 0.478 e. The standard InChI is InChI=1S/C14H26N4O/c1-6-19-14-9-13(16-11(4)17-14)18(5)8-7-12(15)10(2)3/h9-10,12H,6-8,15H2,1-5H3. The van der Waals surface area contributed by atoms with Gasteiger partial charge in [-0.15, -0.1) is 0 Å². The van der Waals surface area contributed by atoms with Crippen LogP contribution >= 0.6 is 0 Å². The van der Waals surface area contributed by atoms with Crippen LogP contribution in [0.1, 0.15) is 33.0 Å². The topological polar surface area (TPSA) is 64.3 Å². The van der Waals surface area contributed by atoms with E-state index < -0.39 is 0 Å². The number of ether oxygens (including phenoxy) is 1. The van der Waals surface area contributed by atoms with Crippen LogP contribution in [0.15, 0.2) is 6.07 Å². The van der Waals surface area contributed by atoms with Crippen LogP contribution in [0.2, 0.25) is 0 Å². The minimum atomic E-state index is 0.219. The molecule has 1 rings (SSSR count). The lowest BCUT2D eigenvalue weighted by Crippen LogP contribution is -2.32. The zero-order chi connectivity index (χ0) is 14.4. The van der Waals surface area contributed by atoms with Gasteiger partial charge in [0.1, 0.15) is 11.6 Å². The number of hydrogen-bond acceptors (Lipinski definition) is 5. The average Bonchev–Trinajstić information content (AvgIpc) is 2.35. The molecule has 0 aliphatic rings. The molecule has 0 saturated carbocycles. The van der Waals surface area contributed by atoms with Crippen molar-refractivity contribution in [2.45, 2.75) is 40.2 Å². The summed E-state index contributed by atoms with van der Waals surface area (Å²) in [6, 6.07) is 2.09. The minimum absolute atomic E-state index is 0.219. The van der Waals surface area contributed by atoms with E-state index in [-0.39, 0.29) is 6.04 Å². The van der Waals surface area contributed by atoms with E-state index in [2.05, 4.69) is 28.7 Å². The highest BCUT2D eigenvalue weighted by Gasteiger charge is 2.11. The van der Waals surface area contributed by atoms with Gasteiger partial charge in [0.05, 0.1) is 6.61 Å². The molecule has 108 valence electrons. The second kappa shape index (κ2) is 7.28. The van der Waals surface area contributed by atoms with Gasteiger partial charge >= 0.3 is 0 Å². The van der Waals surface area contributed by atoms with E-state index in [0.717, 1.165) is 24.6 Å². The molecule has 5 heteroatoms. The third kappa shape index (κ3) is 5.03. The first-order valence-electron chi connectivity index (χ1n) is 6.89. The Hall–Kier alpha value is -1.36. The van der Waals surface area contributed by atoms with Gasteiger partial charge in [-0.2, -0.15) is 4.98 Å². The predicted molar refractivity (Wildman–Crippen MR) is 78.6 cm³/mol. The molecule has 1 aromatic heterocycles. The number of nitrogens with two attached hydrogens (primary N) is 1. The molecule has 0 aliphatic carbocycles. The number of aryl methyl sites for hydroxylation is 1. The lowest BCUT2D eigenvalue weighted by atomic mass is 10.0. The van der Waals surface area contributed by atoms with Crippen molar-refractivity contribution in [2.75, 3.05) is 25.1 Å². The summed E-state index contributed by atoms with van der Waals surface area (Å²) in [6.07, 6.45) is 0.946. The summed E-state index contributed by atoms with van der Waals surface area (Å²) in [4.78, 5) is 10.8. The van der Waals surface area contributed by atoms with E-state index in [9.17, 15) is 0 Å². The van der Waals surface area contributed by atoms with Gasteiger partial charge < -0.3 is 15.4 Å². The van der Waals surface area contributed by atoms with Crippen LogP contribution in [-0.2, 0) is 0 Å². The molecule has 2 N–H and O–H groups in total. The number of rotatable bonds is 7. The van der Waals surface area contributed by atoms with Crippen molar-refractivity contribution in [2.24, 2.45) is 11.7 Å². The molecule has 0 amide bonds. The zero-order valence-electron chi connectivity index (χ0n) is 12.7. The van der Waals surface area contributed by atoms with Crippen molar-refractivity contribution in [1.82, 2.24) is 9.97 Å². The number of hydrogen-bond donors (Lipinski definition) is 1. The summed E-state index contributed by atoms with van der Waals surface area (Å²) in [5, 5.41) is 0.